The maximum absolute atomic E-state index is 11.4. The van der Waals surface area contributed by atoms with Crippen LogP contribution in [0.1, 0.15) is 5.76 Å². The molecule has 0 aliphatic rings. The average Bonchev–Trinajstić information content (AvgIpc) is 3.06. The Hall–Kier alpha value is -2.35. The molecule has 2 aromatic rings. The van der Waals surface area contributed by atoms with E-state index in [1.54, 1.807) is 23.7 Å². The summed E-state index contributed by atoms with van der Waals surface area (Å²) in [6.07, 6.45) is 3.11. The summed E-state index contributed by atoms with van der Waals surface area (Å²) in [4.78, 5) is 26.7. The zero-order valence-corrected chi connectivity index (χ0v) is 10.7. The normalized spacial score (nSPS) is 9.89. The lowest BCUT2D eigenvalue weighted by molar-refractivity contribution is -0.115. The Morgan fingerprint density at radius 2 is 2.26 bits per heavy atom. The smallest absolute Gasteiger partial charge is 0.315 e. The van der Waals surface area contributed by atoms with Crippen molar-refractivity contribution < 1.29 is 14.0 Å². The molecule has 19 heavy (non-hydrogen) atoms. The lowest BCUT2D eigenvalue weighted by Gasteiger charge is -2.06. The molecule has 0 radical (unpaired) electrons. The van der Waals surface area contributed by atoms with Crippen LogP contribution < -0.4 is 16.0 Å². The molecule has 0 aliphatic heterocycles. The van der Waals surface area contributed by atoms with Crippen LogP contribution in [0.25, 0.3) is 0 Å². The largest absolute Gasteiger partial charge is 0.467 e. The summed E-state index contributed by atoms with van der Waals surface area (Å²) in [5.74, 6) is 0.311. The van der Waals surface area contributed by atoms with E-state index in [9.17, 15) is 9.59 Å². The summed E-state index contributed by atoms with van der Waals surface area (Å²) in [7, 11) is 0. The van der Waals surface area contributed by atoms with Crippen molar-refractivity contribution in [1.82, 2.24) is 15.6 Å². The second-order valence-corrected chi connectivity index (χ2v) is 4.40. The van der Waals surface area contributed by atoms with Crippen molar-refractivity contribution in [3.8, 4) is 0 Å². The molecule has 0 saturated carbocycles. The molecule has 2 heterocycles. The minimum Gasteiger partial charge on any atom is -0.467 e. The fourth-order valence-electron chi connectivity index (χ4n) is 1.25. The minimum absolute atomic E-state index is 0.121. The number of nitrogens with one attached hydrogen (secondary N) is 3. The Labute approximate surface area is 113 Å². The van der Waals surface area contributed by atoms with E-state index in [1.807, 2.05) is 0 Å². The van der Waals surface area contributed by atoms with Crippen molar-refractivity contribution in [2.45, 2.75) is 6.54 Å². The summed E-state index contributed by atoms with van der Waals surface area (Å²) >= 11 is 1.31. The van der Waals surface area contributed by atoms with Crippen LogP contribution in [0.3, 0.4) is 0 Å². The monoisotopic (exact) mass is 280 g/mol. The van der Waals surface area contributed by atoms with Gasteiger partial charge in [-0.25, -0.2) is 9.78 Å². The maximum Gasteiger partial charge on any atom is 0.315 e. The number of anilines is 1. The number of furan rings is 1. The Balaban J connectivity index is 1.64. The number of amides is 3. The molecular formula is C11H12N4O3S. The van der Waals surface area contributed by atoms with Crippen LogP contribution in [0.2, 0.25) is 0 Å². The third-order valence-corrected chi connectivity index (χ3v) is 2.78. The third-order valence-electron chi connectivity index (χ3n) is 2.09. The summed E-state index contributed by atoms with van der Waals surface area (Å²) in [6.45, 7) is 0.149. The summed E-state index contributed by atoms with van der Waals surface area (Å²) in [5.41, 5.74) is 0. The van der Waals surface area contributed by atoms with Gasteiger partial charge in [0.2, 0.25) is 5.91 Å². The highest BCUT2D eigenvalue weighted by Gasteiger charge is 2.07. The number of rotatable bonds is 5. The quantitative estimate of drug-likeness (QED) is 0.766. The Kier molecular flexibility index (Phi) is 4.51. The number of thiazole rings is 1. The van der Waals surface area contributed by atoms with Crippen LogP contribution >= 0.6 is 11.3 Å². The molecule has 2 rings (SSSR count). The van der Waals surface area contributed by atoms with E-state index in [4.69, 9.17) is 4.42 Å². The number of carbonyl (C=O) groups excluding carboxylic acids is 2. The second-order valence-electron chi connectivity index (χ2n) is 3.50. The van der Waals surface area contributed by atoms with Crippen LogP contribution in [-0.4, -0.2) is 23.5 Å². The molecule has 3 amide bonds. The van der Waals surface area contributed by atoms with E-state index in [0.717, 1.165) is 0 Å². The summed E-state index contributed by atoms with van der Waals surface area (Å²) in [6, 6.07) is 3.04. The Bertz CT molecular complexity index is 524. The second kappa shape index (κ2) is 6.55. The molecule has 0 bridgehead atoms. The van der Waals surface area contributed by atoms with Gasteiger partial charge in [0.05, 0.1) is 19.4 Å². The highest BCUT2D eigenvalue weighted by molar-refractivity contribution is 7.13. The molecule has 3 N–H and O–H groups in total. The van der Waals surface area contributed by atoms with E-state index < -0.39 is 6.03 Å². The highest BCUT2D eigenvalue weighted by atomic mass is 32.1. The molecule has 0 aromatic carbocycles. The molecule has 0 saturated heterocycles. The predicted molar refractivity (Wildman–Crippen MR) is 69.7 cm³/mol. The zero-order valence-electron chi connectivity index (χ0n) is 9.88. The number of nitrogens with zero attached hydrogens (tertiary/aromatic N) is 1. The van der Waals surface area contributed by atoms with E-state index in [2.05, 4.69) is 20.9 Å². The lowest BCUT2D eigenvalue weighted by Crippen LogP contribution is -2.39. The molecule has 100 valence electrons. The van der Waals surface area contributed by atoms with Gasteiger partial charge in [-0.1, -0.05) is 0 Å². The van der Waals surface area contributed by atoms with Crippen molar-refractivity contribution in [3.63, 3.8) is 0 Å². The third kappa shape index (κ3) is 4.43. The van der Waals surface area contributed by atoms with Crippen molar-refractivity contribution >= 4 is 28.4 Å². The predicted octanol–water partition coefficient (Wildman–Crippen LogP) is 1.17. The van der Waals surface area contributed by atoms with E-state index >= 15 is 0 Å². The Morgan fingerprint density at radius 3 is 2.95 bits per heavy atom. The van der Waals surface area contributed by atoms with Gasteiger partial charge >= 0.3 is 6.03 Å². The topological polar surface area (TPSA) is 96.3 Å². The van der Waals surface area contributed by atoms with Gasteiger partial charge in [0, 0.05) is 11.6 Å². The van der Waals surface area contributed by atoms with Crippen molar-refractivity contribution in [3.05, 3.63) is 35.7 Å². The maximum atomic E-state index is 11.4. The molecule has 0 spiro atoms. The summed E-state index contributed by atoms with van der Waals surface area (Å²) in [5, 5.41) is 9.80. The van der Waals surface area contributed by atoms with Gasteiger partial charge in [0.1, 0.15) is 5.76 Å². The highest BCUT2D eigenvalue weighted by Crippen LogP contribution is 2.09. The standard InChI is InChI=1S/C11H12N4O3S/c16-9(15-11-12-3-5-19-11)7-14-10(17)13-6-8-2-1-4-18-8/h1-5H,6-7H2,(H,12,15,16)(H2,13,14,17). The first-order valence-electron chi connectivity index (χ1n) is 5.47. The molecule has 0 atom stereocenters. The number of carbonyl (C=O) groups is 2. The lowest BCUT2D eigenvalue weighted by atomic mass is 10.4. The number of hydrogen-bond acceptors (Lipinski definition) is 5. The first-order chi connectivity index (χ1) is 9.24. The Morgan fingerprint density at radius 1 is 1.37 bits per heavy atom. The van der Waals surface area contributed by atoms with Crippen molar-refractivity contribution in [2.75, 3.05) is 11.9 Å². The van der Waals surface area contributed by atoms with Gasteiger partial charge in [0.15, 0.2) is 5.13 Å². The van der Waals surface area contributed by atoms with E-state index in [-0.39, 0.29) is 19.0 Å². The van der Waals surface area contributed by atoms with Gasteiger partial charge < -0.3 is 20.4 Å². The van der Waals surface area contributed by atoms with Crippen LogP contribution in [0, 0.1) is 0 Å². The van der Waals surface area contributed by atoms with E-state index in [0.29, 0.717) is 10.9 Å². The first-order valence-corrected chi connectivity index (χ1v) is 6.35. The number of urea groups is 1. The first kappa shape index (κ1) is 13.1. The molecular weight excluding hydrogens is 268 g/mol. The fourth-order valence-corrected chi connectivity index (χ4v) is 1.80. The SMILES string of the molecule is O=C(CNC(=O)NCc1ccco1)Nc1nccs1. The summed E-state index contributed by atoms with van der Waals surface area (Å²) < 4.78 is 5.05. The van der Waals surface area contributed by atoms with E-state index in [1.165, 1.54) is 17.6 Å². The van der Waals surface area contributed by atoms with Gasteiger partial charge in [-0.15, -0.1) is 11.3 Å². The number of aromatic nitrogens is 1. The molecule has 2 aromatic heterocycles. The number of hydrogen-bond donors (Lipinski definition) is 3. The van der Waals surface area contributed by atoms with Gasteiger partial charge in [-0.05, 0) is 12.1 Å². The molecule has 8 heteroatoms. The molecule has 0 unspecified atom stereocenters. The average molecular weight is 280 g/mol. The van der Waals surface area contributed by atoms with Crippen molar-refractivity contribution in [1.29, 1.82) is 0 Å². The van der Waals surface area contributed by atoms with Crippen LogP contribution in [-0.2, 0) is 11.3 Å². The fraction of sp³-hybridized carbons (Fsp3) is 0.182. The van der Waals surface area contributed by atoms with Crippen molar-refractivity contribution in [2.24, 2.45) is 0 Å². The van der Waals surface area contributed by atoms with Crippen LogP contribution in [0.5, 0.6) is 0 Å². The zero-order chi connectivity index (χ0) is 13.5. The van der Waals surface area contributed by atoms with Crippen LogP contribution in [0.15, 0.2) is 34.4 Å². The van der Waals surface area contributed by atoms with Gasteiger partial charge in [0.25, 0.3) is 0 Å². The van der Waals surface area contributed by atoms with Gasteiger partial charge in [-0.2, -0.15) is 0 Å². The minimum atomic E-state index is -0.439. The van der Waals surface area contributed by atoms with Crippen LogP contribution in [0.4, 0.5) is 9.93 Å². The molecule has 7 nitrogen and oxygen atoms in total. The molecule has 0 aliphatic carbocycles. The van der Waals surface area contributed by atoms with Gasteiger partial charge in [-0.3, -0.25) is 4.79 Å². The molecule has 0 fully saturated rings.